The SMILES string of the molecule is CC1(C)C2OCCCC2C1(N)C(=O)Nc1ccc(NS(C)(=O)=O)cc1.Cl. The Morgan fingerprint density at radius 1 is 1.23 bits per heavy atom. The first-order valence-corrected chi connectivity index (χ1v) is 10.2. The molecule has 0 bridgehead atoms. The predicted octanol–water partition coefficient (Wildman–Crippen LogP) is 1.95. The minimum atomic E-state index is -3.33. The fourth-order valence-corrected chi connectivity index (χ4v) is 4.67. The molecule has 146 valence electrons. The van der Waals surface area contributed by atoms with Crippen molar-refractivity contribution in [3.05, 3.63) is 24.3 Å². The van der Waals surface area contributed by atoms with Crippen LogP contribution in [0.5, 0.6) is 0 Å². The molecule has 2 aliphatic rings. The average Bonchev–Trinajstić information content (AvgIpc) is 2.54. The first-order valence-electron chi connectivity index (χ1n) is 8.35. The van der Waals surface area contributed by atoms with E-state index >= 15 is 0 Å². The molecule has 1 aliphatic carbocycles. The summed E-state index contributed by atoms with van der Waals surface area (Å²) in [5.41, 5.74) is 6.14. The van der Waals surface area contributed by atoms with Crippen molar-refractivity contribution >= 4 is 39.7 Å². The molecule has 0 aromatic heterocycles. The maximum atomic E-state index is 12.9. The Labute approximate surface area is 160 Å². The van der Waals surface area contributed by atoms with Crippen LogP contribution in [-0.2, 0) is 19.6 Å². The molecule has 2 fully saturated rings. The monoisotopic (exact) mass is 403 g/mol. The van der Waals surface area contributed by atoms with Gasteiger partial charge in [-0.15, -0.1) is 12.4 Å². The summed E-state index contributed by atoms with van der Waals surface area (Å²) in [6.45, 7) is 4.66. The summed E-state index contributed by atoms with van der Waals surface area (Å²) in [6.07, 6.45) is 2.89. The van der Waals surface area contributed by atoms with Crippen LogP contribution in [0, 0.1) is 11.3 Å². The number of fused-ring (bicyclic) bond motifs is 1. The Kier molecular flexibility index (Phi) is 5.64. The van der Waals surface area contributed by atoms with E-state index in [9.17, 15) is 13.2 Å². The van der Waals surface area contributed by atoms with Gasteiger partial charge in [-0.05, 0) is 37.1 Å². The number of rotatable bonds is 4. The molecule has 1 saturated carbocycles. The van der Waals surface area contributed by atoms with E-state index in [1.165, 1.54) is 0 Å². The molecule has 3 atom stereocenters. The van der Waals surface area contributed by atoms with Crippen LogP contribution in [0.4, 0.5) is 11.4 Å². The third-order valence-corrected chi connectivity index (χ3v) is 6.11. The normalized spacial score (nSPS) is 29.5. The minimum Gasteiger partial charge on any atom is -0.377 e. The van der Waals surface area contributed by atoms with Gasteiger partial charge in [0.1, 0.15) is 5.54 Å². The van der Waals surface area contributed by atoms with Crippen LogP contribution in [0.1, 0.15) is 26.7 Å². The van der Waals surface area contributed by atoms with Crippen molar-refractivity contribution in [3.63, 3.8) is 0 Å². The van der Waals surface area contributed by atoms with E-state index in [2.05, 4.69) is 10.0 Å². The fraction of sp³-hybridized carbons (Fsp3) is 0.588. The van der Waals surface area contributed by atoms with Gasteiger partial charge < -0.3 is 15.8 Å². The van der Waals surface area contributed by atoms with Gasteiger partial charge in [-0.3, -0.25) is 9.52 Å². The number of benzene rings is 1. The minimum absolute atomic E-state index is 0. The van der Waals surface area contributed by atoms with Crippen molar-refractivity contribution in [2.45, 2.75) is 38.3 Å². The van der Waals surface area contributed by atoms with Crippen LogP contribution in [0.3, 0.4) is 0 Å². The molecular formula is C17H26ClN3O4S. The van der Waals surface area contributed by atoms with Gasteiger partial charge in [0.15, 0.2) is 0 Å². The number of sulfonamides is 1. The number of carbonyl (C=O) groups is 1. The van der Waals surface area contributed by atoms with Crippen molar-refractivity contribution < 1.29 is 17.9 Å². The molecule has 1 saturated heterocycles. The van der Waals surface area contributed by atoms with Crippen molar-refractivity contribution in [3.8, 4) is 0 Å². The number of amides is 1. The van der Waals surface area contributed by atoms with Crippen LogP contribution in [0.15, 0.2) is 24.3 Å². The number of hydrogen-bond donors (Lipinski definition) is 3. The molecule has 1 amide bonds. The number of ether oxygens (including phenoxy) is 1. The Hall–Kier alpha value is -1.35. The molecule has 1 aromatic rings. The van der Waals surface area contributed by atoms with E-state index < -0.39 is 21.0 Å². The molecule has 26 heavy (non-hydrogen) atoms. The van der Waals surface area contributed by atoms with Crippen LogP contribution in [-0.4, -0.2) is 38.8 Å². The number of hydrogen-bond acceptors (Lipinski definition) is 5. The first kappa shape index (κ1) is 21.0. The summed E-state index contributed by atoms with van der Waals surface area (Å²) < 4.78 is 30.7. The number of halogens is 1. The van der Waals surface area contributed by atoms with Gasteiger partial charge in [0.2, 0.25) is 15.9 Å². The molecule has 1 heterocycles. The quantitative estimate of drug-likeness (QED) is 0.711. The van der Waals surface area contributed by atoms with Gasteiger partial charge in [-0.1, -0.05) is 13.8 Å². The van der Waals surface area contributed by atoms with Crippen LogP contribution < -0.4 is 15.8 Å². The second kappa shape index (κ2) is 6.99. The second-order valence-corrected chi connectivity index (χ2v) is 9.28. The number of nitrogens with one attached hydrogen (secondary N) is 2. The lowest BCUT2D eigenvalue weighted by Gasteiger charge is -2.65. The Morgan fingerprint density at radius 3 is 2.38 bits per heavy atom. The lowest BCUT2D eigenvalue weighted by Crippen LogP contribution is -2.81. The van der Waals surface area contributed by atoms with Crippen molar-refractivity contribution in [1.82, 2.24) is 0 Å². The van der Waals surface area contributed by atoms with Crippen molar-refractivity contribution in [2.24, 2.45) is 17.1 Å². The molecule has 4 N–H and O–H groups in total. The number of nitrogens with two attached hydrogens (primary N) is 1. The van der Waals surface area contributed by atoms with E-state index in [4.69, 9.17) is 10.5 Å². The smallest absolute Gasteiger partial charge is 0.245 e. The van der Waals surface area contributed by atoms with Gasteiger partial charge in [-0.2, -0.15) is 0 Å². The first-order chi connectivity index (χ1) is 11.6. The fourth-order valence-electron chi connectivity index (χ4n) is 4.11. The molecule has 3 unspecified atom stereocenters. The van der Waals surface area contributed by atoms with Gasteiger partial charge in [0, 0.05) is 29.3 Å². The van der Waals surface area contributed by atoms with E-state index in [0.29, 0.717) is 11.4 Å². The summed E-state index contributed by atoms with van der Waals surface area (Å²) in [6, 6.07) is 6.49. The van der Waals surface area contributed by atoms with Gasteiger partial charge in [0.25, 0.3) is 0 Å². The second-order valence-electron chi connectivity index (χ2n) is 7.54. The molecule has 0 radical (unpaired) electrons. The predicted molar refractivity (Wildman–Crippen MR) is 104 cm³/mol. The lowest BCUT2D eigenvalue weighted by molar-refractivity contribution is -0.222. The Morgan fingerprint density at radius 2 is 1.81 bits per heavy atom. The van der Waals surface area contributed by atoms with Crippen LogP contribution in [0.2, 0.25) is 0 Å². The largest absolute Gasteiger partial charge is 0.377 e. The lowest BCUT2D eigenvalue weighted by atomic mass is 9.46. The van der Waals surface area contributed by atoms with Gasteiger partial charge >= 0.3 is 0 Å². The molecule has 1 aliphatic heterocycles. The summed E-state index contributed by atoms with van der Waals surface area (Å²) in [5, 5.41) is 2.87. The topological polar surface area (TPSA) is 111 Å². The molecule has 1 aromatic carbocycles. The van der Waals surface area contributed by atoms with E-state index in [0.717, 1.165) is 25.7 Å². The van der Waals surface area contributed by atoms with E-state index in [-0.39, 0.29) is 30.3 Å². The highest BCUT2D eigenvalue weighted by atomic mass is 35.5. The standard InChI is InChI=1S/C17H25N3O4S.ClH/c1-16(2)14-13(5-4-10-24-14)17(16,18)15(21)19-11-6-8-12(9-7-11)20-25(3,22)23;/h6-9,13-14,20H,4-5,10,18H2,1-3H3,(H,19,21);1H. The number of carbonyl (C=O) groups excluding carboxylic acids is 1. The Bertz CT molecular complexity index is 782. The summed E-state index contributed by atoms with van der Waals surface area (Å²) in [5.74, 6) is -0.213. The highest BCUT2D eigenvalue weighted by Gasteiger charge is 2.70. The molecule has 7 nitrogen and oxygen atoms in total. The molecule has 9 heteroatoms. The van der Waals surface area contributed by atoms with Crippen molar-refractivity contribution in [2.75, 3.05) is 22.9 Å². The maximum absolute atomic E-state index is 12.9. The van der Waals surface area contributed by atoms with Crippen LogP contribution >= 0.6 is 12.4 Å². The van der Waals surface area contributed by atoms with Gasteiger partial charge in [-0.25, -0.2) is 8.42 Å². The zero-order chi connectivity index (χ0) is 18.5. The summed E-state index contributed by atoms with van der Waals surface area (Å²) in [4.78, 5) is 12.9. The third kappa shape index (κ3) is 3.43. The van der Waals surface area contributed by atoms with Gasteiger partial charge in [0.05, 0.1) is 12.4 Å². The third-order valence-electron chi connectivity index (χ3n) is 5.51. The van der Waals surface area contributed by atoms with E-state index in [1.54, 1.807) is 24.3 Å². The highest BCUT2D eigenvalue weighted by molar-refractivity contribution is 7.92. The van der Waals surface area contributed by atoms with Crippen molar-refractivity contribution in [1.29, 1.82) is 0 Å². The zero-order valence-electron chi connectivity index (χ0n) is 15.1. The average molecular weight is 404 g/mol. The zero-order valence-corrected chi connectivity index (χ0v) is 16.7. The Balaban J connectivity index is 0.00000243. The van der Waals surface area contributed by atoms with E-state index in [1.807, 2.05) is 13.8 Å². The van der Waals surface area contributed by atoms with Crippen LogP contribution in [0.25, 0.3) is 0 Å². The molecule has 0 spiro atoms. The highest BCUT2D eigenvalue weighted by Crippen LogP contribution is 2.57. The number of anilines is 2. The maximum Gasteiger partial charge on any atom is 0.245 e. The summed E-state index contributed by atoms with van der Waals surface area (Å²) >= 11 is 0. The molecule has 3 rings (SSSR count). The molecular weight excluding hydrogens is 378 g/mol. The summed E-state index contributed by atoms with van der Waals surface area (Å²) in [7, 11) is -3.33.